The Kier molecular flexibility index (Phi) is 2.74. The van der Waals surface area contributed by atoms with Crippen LogP contribution in [-0.2, 0) is 6.42 Å². The molecule has 1 atom stereocenters. The fraction of sp³-hybridized carbons (Fsp3) is 0.667. The van der Waals surface area contributed by atoms with E-state index in [0.717, 1.165) is 12.3 Å². The molecule has 0 bridgehead atoms. The van der Waals surface area contributed by atoms with Gasteiger partial charge in [0.05, 0.1) is 0 Å². The number of hydrogen-bond donors (Lipinski definition) is 0. The molecule has 0 aliphatic rings. The summed E-state index contributed by atoms with van der Waals surface area (Å²) in [4.78, 5) is 3.91. The van der Waals surface area contributed by atoms with E-state index in [-0.39, 0.29) is 0 Å². The van der Waals surface area contributed by atoms with Crippen molar-refractivity contribution in [3.05, 3.63) is 12.2 Å². The standard InChI is InChI=1S/C6H10N2OS/c1-5(10-2)3-6-7-4-8-9-6/h4-5H,3H2,1-2H3. The van der Waals surface area contributed by atoms with E-state index in [9.17, 15) is 0 Å². The van der Waals surface area contributed by atoms with Crippen LogP contribution in [0.1, 0.15) is 12.8 Å². The Hall–Kier alpha value is -0.510. The van der Waals surface area contributed by atoms with Gasteiger partial charge in [0.1, 0.15) is 0 Å². The van der Waals surface area contributed by atoms with Crippen molar-refractivity contribution in [3.8, 4) is 0 Å². The van der Waals surface area contributed by atoms with Crippen LogP contribution in [0, 0.1) is 0 Å². The Labute approximate surface area is 64.2 Å². The lowest BCUT2D eigenvalue weighted by molar-refractivity contribution is 0.377. The maximum atomic E-state index is 4.83. The second kappa shape index (κ2) is 3.61. The normalized spacial score (nSPS) is 13.4. The minimum Gasteiger partial charge on any atom is -0.340 e. The highest BCUT2D eigenvalue weighted by Gasteiger charge is 2.04. The Morgan fingerprint density at radius 2 is 2.60 bits per heavy atom. The fourth-order valence-corrected chi connectivity index (χ4v) is 0.924. The van der Waals surface area contributed by atoms with E-state index in [2.05, 4.69) is 23.3 Å². The highest BCUT2D eigenvalue weighted by molar-refractivity contribution is 7.99. The van der Waals surface area contributed by atoms with Crippen molar-refractivity contribution in [1.29, 1.82) is 0 Å². The molecule has 56 valence electrons. The van der Waals surface area contributed by atoms with E-state index in [1.54, 1.807) is 11.8 Å². The molecule has 4 heteroatoms. The van der Waals surface area contributed by atoms with Gasteiger partial charge in [0, 0.05) is 11.7 Å². The Morgan fingerprint density at radius 1 is 1.80 bits per heavy atom. The zero-order chi connectivity index (χ0) is 7.40. The number of nitrogens with zero attached hydrogens (tertiary/aromatic N) is 2. The molecule has 1 rings (SSSR count). The molecule has 1 unspecified atom stereocenters. The molecule has 0 fully saturated rings. The monoisotopic (exact) mass is 158 g/mol. The van der Waals surface area contributed by atoms with Crippen LogP contribution < -0.4 is 0 Å². The first-order chi connectivity index (χ1) is 4.83. The molecule has 0 aromatic carbocycles. The van der Waals surface area contributed by atoms with Crippen molar-refractivity contribution >= 4 is 11.8 Å². The molecule has 0 aliphatic heterocycles. The van der Waals surface area contributed by atoms with Gasteiger partial charge in [0.2, 0.25) is 5.89 Å². The molecule has 10 heavy (non-hydrogen) atoms. The number of thioether (sulfide) groups is 1. The topological polar surface area (TPSA) is 38.9 Å². The summed E-state index contributed by atoms with van der Waals surface area (Å²) in [5, 5.41) is 4.07. The van der Waals surface area contributed by atoms with Crippen molar-refractivity contribution in [3.63, 3.8) is 0 Å². The van der Waals surface area contributed by atoms with Crippen LogP contribution in [0.4, 0.5) is 0 Å². The van der Waals surface area contributed by atoms with Gasteiger partial charge in [-0.05, 0) is 6.26 Å². The summed E-state index contributed by atoms with van der Waals surface area (Å²) >= 11 is 1.80. The van der Waals surface area contributed by atoms with Gasteiger partial charge in [-0.3, -0.25) is 0 Å². The predicted molar refractivity (Wildman–Crippen MR) is 41.0 cm³/mol. The molecule has 0 N–H and O–H groups in total. The number of rotatable bonds is 3. The Bertz CT molecular complexity index is 176. The van der Waals surface area contributed by atoms with E-state index in [1.807, 2.05) is 0 Å². The van der Waals surface area contributed by atoms with Crippen LogP contribution in [0.25, 0.3) is 0 Å². The van der Waals surface area contributed by atoms with Crippen LogP contribution in [0.15, 0.2) is 10.9 Å². The summed E-state index contributed by atoms with van der Waals surface area (Å²) in [7, 11) is 0. The van der Waals surface area contributed by atoms with Gasteiger partial charge in [-0.15, -0.1) is 0 Å². The zero-order valence-electron chi connectivity index (χ0n) is 6.07. The van der Waals surface area contributed by atoms with Crippen molar-refractivity contribution in [2.24, 2.45) is 0 Å². The Morgan fingerprint density at radius 3 is 3.10 bits per heavy atom. The van der Waals surface area contributed by atoms with Gasteiger partial charge >= 0.3 is 0 Å². The first kappa shape index (κ1) is 7.60. The van der Waals surface area contributed by atoms with Gasteiger partial charge in [-0.25, -0.2) is 0 Å². The molecule has 1 heterocycles. The summed E-state index contributed by atoms with van der Waals surface area (Å²) in [6.07, 6.45) is 4.37. The van der Waals surface area contributed by atoms with Crippen LogP contribution in [0.5, 0.6) is 0 Å². The minimum absolute atomic E-state index is 0.556. The second-order valence-corrected chi connectivity index (χ2v) is 3.36. The molecule has 1 aromatic heterocycles. The van der Waals surface area contributed by atoms with Crippen LogP contribution >= 0.6 is 11.8 Å². The quantitative estimate of drug-likeness (QED) is 0.666. The largest absolute Gasteiger partial charge is 0.340 e. The first-order valence-electron chi connectivity index (χ1n) is 3.11. The van der Waals surface area contributed by atoms with E-state index >= 15 is 0 Å². The summed E-state index contributed by atoms with van der Waals surface area (Å²) in [6, 6.07) is 0. The molecule has 0 spiro atoms. The molecular weight excluding hydrogens is 148 g/mol. The smallest absolute Gasteiger partial charge is 0.227 e. The van der Waals surface area contributed by atoms with Gasteiger partial charge in [-0.1, -0.05) is 12.1 Å². The van der Waals surface area contributed by atoms with Crippen molar-refractivity contribution in [2.45, 2.75) is 18.6 Å². The van der Waals surface area contributed by atoms with Gasteiger partial charge in [-0.2, -0.15) is 16.7 Å². The average Bonchev–Trinajstić information content (AvgIpc) is 2.40. The molecule has 0 amide bonds. The second-order valence-electron chi connectivity index (χ2n) is 2.09. The summed E-state index contributed by atoms with van der Waals surface area (Å²) in [5.41, 5.74) is 0. The lowest BCUT2D eigenvalue weighted by atomic mass is 10.3. The predicted octanol–water partition coefficient (Wildman–Crippen LogP) is 1.36. The van der Waals surface area contributed by atoms with Crippen molar-refractivity contribution < 1.29 is 4.52 Å². The molecule has 3 nitrogen and oxygen atoms in total. The zero-order valence-corrected chi connectivity index (χ0v) is 6.89. The van der Waals surface area contributed by atoms with Gasteiger partial charge < -0.3 is 4.52 Å². The van der Waals surface area contributed by atoms with Crippen LogP contribution in [-0.4, -0.2) is 21.6 Å². The molecule has 0 aliphatic carbocycles. The summed E-state index contributed by atoms with van der Waals surface area (Å²) in [6.45, 7) is 2.13. The highest BCUT2D eigenvalue weighted by atomic mass is 32.2. The van der Waals surface area contributed by atoms with E-state index in [0.29, 0.717) is 5.25 Å². The van der Waals surface area contributed by atoms with E-state index in [4.69, 9.17) is 4.52 Å². The average molecular weight is 158 g/mol. The minimum atomic E-state index is 0.556. The molecule has 0 saturated carbocycles. The lowest BCUT2D eigenvalue weighted by Crippen LogP contribution is -1.99. The molecule has 0 radical (unpaired) electrons. The van der Waals surface area contributed by atoms with Crippen LogP contribution in [0.2, 0.25) is 0 Å². The summed E-state index contributed by atoms with van der Waals surface area (Å²) < 4.78 is 4.83. The number of hydrogen-bond acceptors (Lipinski definition) is 4. The molecular formula is C6H10N2OS. The van der Waals surface area contributed by atoms with Gasteiger partial charge in [0.15, 0.2) is 6.33 Å². The Balaban J connectivity index is 2.40. The van der Waals surface area contributed by atoms with Crippen LogP contribution in [0.3, 0.4) is 0 Å². The SMILES string of the molecule is CSC(C)Cc1ncno1. The van der Waals surface area contributed by atoms with Crippen molar-refractivity contribution in [1.82, 2.24) is 10.1 Å². The maximum absolute atomic E-state index is 4.83. The third-order valence-corrected chi connectivity index (χ3v) is 2.24. The van der Waals surface area contributed by atoms with Crippen molar-refractivity contribution in [2.75, 3.05) is 6.26 Å². The maximum Gasteiger partial charge on any atom is 0.227 e. The highest BCUT2D eigenvalue weighted by Crippen LogP contribution is 2.09. The molecule has 0 saturated heterocycles. The number of aromatic nitrogens is 2. The summed E-state index contributed by atoms with van der Waals surface area (Å²) in [5.74, 6) is 0.724. The third-order valence-electron chi connectivity index (χ3n) is 1.27. The fourth-order valence-electron chi connectivity index (χ4n) is 0.615. The molecule has 1 aromatic rings. The third kappa shape index (κ3) is 2.02. The van der Waals surface area contributed by atoms with E-state index in [1.165, 1.54) is 6.33 Å². The lowest BCUT2D eigenvalue weighted by Gasteiger charge is -2.01. The van der Waals surface area contributed by atoms with E-state index < -0.39 is 0 Å². The first-order valence-corrected chi connectivity index (χ1v) is 4.40. The van der Waals surface area contributed by atoms with Gasteiger partial charge in [0.25, 0.3) is 0 Å².